The van der Waals surface area contributed by atoms with Crippen molar-refractivity contribution in [2.24, 2.45) is 0 Å². The van der Waals surface area contributed by atoms with E-state index in [4.69, 9.17) is 23.9 Å². The summed E-state index contributed by atoms with van der Waals surface area (Å²) in [5.41, 5.74) is 4.30. The number of pyridine rings is 1. The van der Waals surface area contributed by atoms with E-state index in [1.165, 1.54) is 21.3 Å². The van der Waals surface area contributed by atoms with Gasteiger partial charge in [0.05, 0.1) is 51.6 Å². The van der Waals surface area contributed by atoms with E-state index in [2.05, 4.69) is 33.7 Å². The van der Waals surface area contributed by atoms with Gasteiger partial charge in [0.15, 0.2) is 11.5 Å². The molecule has 1 aliphatic heterocycles. The van der Waals surface area contributed by atoms with Gasteiger partial charge in [-0.15, -0.1) is 0 Å². The molecule has 0 bridgehead atoms. The van der Waals surface area contributed by atoms with Crippen molar-refractivity contribution in [3.8, 4) is 28.4 Å². The average Bonchev–Trinajstić information content (AvgIpc) is 2.98. The van der Waals surface area contributed by atoms with Crippen molar-refractivity contribution in [1.29, 1.82) is 0 Å². The van der Waals surface area contributed by atoms with Crippen molar-refractivity contribution in [2.75, 3.05) is 58.3 Å². The molecule has 0 saturated carbocycles. The van der Waals surface area contributed by atoms with Crippen molar-refractivity contribution in [3.05, 3.63) is 72.6 Å². The number of anilines is 2. The van der Waals surface area contributed by atoms with Gasteiger partial charge in [-0.3, -0.25) is 9.88 Å². The monoisotopic (exact) mass is 528 g/mol. The number of rotatable bonds is 8. The summed E-state index contributed by atoms with van der Waals surface area (Å²) in [6, 6.07) is 19.1. The van der Waals surface area contributed by atoms with Gasteiger partial charge in [-0.2, -0.15) is 0 Å². The lowest BCUT2D eigenvalue weighted by Crippen LogP contribution is -2.35. The Morgan fingerprint density at radius 3 is 2.26 bits per heavy atom. The fourth-order valence-corrected chi connectivity index (χ4v) is 4.76. The molecule has 5 rings (SSSR count). The average molecular weight is 529 g/mol. The van der Waals surface area contributed by atoms with Crippen molar-refractivity contribution in [3.63, 3.8) is 0 Å². The van der Waals surface area contributed by atoms with E-state index in [1.807, 2.05) is 36.5 Å². The molecule has 9 heteroatoms. The Kier molecular flexibility index (Phi) is 8.10. The van der Waals surface area contributed by atoms with Crippen LogP contribution in [-0.4, -0.2) is 63.5 Å². The number of benzene rings is 3. The molecule has 202 valence electrons. The van der Waals surface area contributed by atoms with Crippen LogP contribution in [0.15, 0.2) is 66.9 Å². The maximum Gasteiger partial charge on any atom is 0.323 e. The SMILES string of the molecule is COc1cc(NC(=O)Nc2ccc(-c3ccc(CN4CCOCC4)nc3)c3ccccc23)cc(OC)c1OC. The first-order chi connectivity index (χ1) is 19.1. The molecule has 9 nitrogen and oxygen atoms in total. The Balaban J connectivity index is 1.35. The quantitative estimate of drug-likeness (QED) is 0.316. The first-order valence-corrected chi connectivity index (χ1v) is 12.7. The highest BCUT2D eigenvalue weighted by atomic mass is 16.5. The van der Waals surface area contributed by atoms with E-state index in [0.29, 0.717) is 28.6 Å². The summed E-state index contributed by atoms with van der Waals surface area (Å²) in [4.78, 5) is 20.1. The summed E-state index contributed by atoms with van der Waals surface area (Å²) in [5, 5.41) is 7.77. The van der Waals surface area contributed by atoms with E-state index in [-0.39, 0.29) is 0 Å². The molecular weight excluding hydrogens is 496 g/mol. The molecule has 0 spiro atoms. The van der Waals surface area contributed by atoms with Crippen LogP contribution >= 0.6 is 0 Å². The Morgan fingerprint density at radius 2 is 1.62 bits per heavy atom. The molecule has 0 unspecified atom stereocenters. The van der Waals surface area contributed by atoms with Gasteiger partial charge in [-0.05, 0) is 23.1 Å². The van der Waals surface area contributed by atoms with Gasteiger partial charge in [-0.1, -0.05) is 36.4 Å². The van der Waals surface area contributed by atoms with Crippen LogP contribution in [-0.2, 0) is 11.3 Å². The number of nitrogens with zero attached hydrogens (tertiary/aromatic N) is 2. The number of methoxy groups -OCH3 is 3. The van der Waals surface area contributed by atoms with Crippen LogP contribution in [0.3, 0.4) is 0 Å². The van der Waals surface area contributed by atoms with E-state index in [0.717, 1.165) is 60.4 Å². The van der Waals surface area contributed by atoms with Gasteiger partial charge in [0, 0.05) is 48.9 Å². The maximum absolute atomic E-state index is 13.0. The van der Waals surface area contributed by atoms with E-state index in [1.54, 1.807) is 12.1 Å². The van der Waals surface area contributed by atoms with Crippen LogP contribution < -0.4 is 24.8 Å². The molecule has 1 aliphatic rings. The molecule has 2 amide bonds. The topological polar surface area (TPSA) is 94.2 Å². The van der Waals surface area contributed by atoms with Crippen molar-refractivity contribution in [1.82, 2.24) is 9.88 Å². The Labute approximate surface area is 227 Å². The smallest absolute Gasteiger partial charge is 0.323 e. The molecular formula is C30H32N4O5. The number of ether oxygens (including phenoxy) is 4. The number of nitrogens with one attached hydrogen (secondary N) is 2. The second-order valence-electron chi connectivity index (χ2n) is 9.13. The minimum Gasteiger partial charge on any atom is -0.493 e. The number of amides is 2. The summed E-state index contributed by atoms with van der Waals surface area (Å²) in [6.07, 6.45) is 1.92. The zero-order chi connectivity index (χ0) is 27.2. The van der Waals surface area contributed by atoms with Crippen LogP contribution in [0, 0.1) is 0 Å². The Hall–Kier alpha value is -4.34. The van der Waals surface area contributed by atoms with Crippen molar-refractivity contribution in [2.45, 2.75) is 6.54 Å². The number of hydrogen-bond donors (Lipinski definition) is 2. The van der Waals surface area contributed by atoms with Crippen molar-refractivity contribution >= 4 is 28.2 Å². The normalized spacial score (nSPS) is 13.6. The number of hydrogen-bond acceptors (Lipinski definition) is 7. The summed E-state index contributed by atoms with van der Waals surface area (Å²) in [5.74, 6) is 1.36. The van der Waals surface area contributed by atoms with E-state index < -0.39 is 6.03 Å². The van der Waals surface area contributed by atoms with Gasteiger partial charge >= 0.3 is 6.03 Å². The van der Waals surface area contributed by atoms with Crippen LogP contribution in [0.2, 0.25) is 0 Å². The fourth-order valence-electron chi connectivity index (χ4n) is 4.76. The molecule has 1 fully saturated rings. The molecule has 2 N–H and O–H groups in total. The van der Waals surface area contributed by atoms with Crippen LogP contribution in [0.4, 0.5) is 16.2 Å². The highest BCUT2D eigenvalue weighted by molar-refractivity contribution is 6.09. The van der Waals surface area contributed by atoms with Crippen LogP contribution in [0.1, 0.15) is 5.69 Å². The molecule has 4 aromatic rings. The van der Waals surface area contributed by atoms with Gasteiger partial charge in [0.25, 0.3) is 0 Å². The zero-order valence-corrected chi connectivity index (χ0v) is 22.3. The van der Waals surface area contributed by atoms with Gasteiger partial charge < -0.3 is 29.6 Å². The zero-order valence-electron chi connectivity index (χ0n) is 22.3. The molecule has 1 aromatic heterocycles. The molecule has 3 aromatic carbocycles. The third kappa shape index (κ3) is 5.89. The second kappa shape index (κ2) is 12.0. The third-order valence-corrected chi connectivity index (χ3v) is 6.72. The van der Waals surface area contributed by atoms with E-state index in [9.17, 15) is 4.79 Å². The first-order valence-electron chi connectivity index (χ1n) is 12.7. The number of carbonyl (C=O) groups is 1. The summed E-state index contributed by atoms with van der Waals surface area (Å²) >= 11 is 0. The Morgan fingerprint density at radius 1 is 0.897 bits per heavy atom. The molecule has 0 atom stereocenters. The number of carbonyl (C=O) groups excluding carboxylic acids is 1. The standard InChI is InChI=1S/C30H32N4O5/c1-36-27-16-22(17-28(37-2)29(27)38-3)32-30(35)33-26-11-10-23(24-6-4-5-7-25(24)26)20-8-9-21(31-18-20)19-34-12-14-39-15-13-34/h4-11,16-18H,12-15,19H2,1-3H3,(H2,32,33,35). The summed E-state index contributed by atoms with van der Waals surface area (Å²) in [6.45, 7) is 4.20. The predicted molar refractivity (Wildman–Crippen MR) is 152 cm³/mol. The minimum absolute atomic E-state index is 0.392. The molecule has 39 heavy (non-hydrogen) atoms. The minimum atomic E-state index is -0.392. The highest BCUT2D eigenvalue weighted by Gasteiger charge is 2.16. The maximum atomic E-state index is 13.0. The van der Waals surface area contributed by atoms with Crippen LogP contribution in [0.5, 0.6) is 17.2 Å². The van der Waals surface area contributed by atoms with E-state index >= 15 is 0 Å². The number of morpholine rings is 1. The van der Waals surface area contributed by atoms with Crippen molar-refractivity contribution < 1.29 is 23.7 Å². The van der Waals surface area contributed by atoms with Gasteiger partial charge in [-0.25, -0.2) is 4.79 Å². The number of fused-ring (bicyclic) bond motifs is 1. The van der Waals surface area contributed by atoms with Crippen LogP contribution in [0.25, 0.3) is 21.9 Å². The lowest BCUT2D eigenvalue weighted by molar-refractivity contribution is 0.0336. The summed E-state index contributed by atoms with van der Waals surface area (Å²) < 4.78 is 21.6. The number of urea groups is 1. The molecule has 0 radical (unpaired) electrons. The highest BCUT2D eigenvalue weighted by Crippen LogP contribution is 2.40. The Bertz CT molecular complexity index is 1430. The lowest BCUT2D eigenvalue weighted by atomic mass is 9.98. The number of aromatic nitrogens is 1. The largest absolute Gasteiger partial charge is 0.493 e. The molecule has 0 aliphatic carbocycles. The lowest BCUT2D eigenvalue weighted by Gasteiger charge is -2.26. The van der Waals surface area contributed by atoms with Gasteiger partial charge in [0.2, 0.25) is 5.75 Å². The molecule has 1 saturated heterocycles. The fraction of sp³-hybridized carbons (Fsp3) is 0.267. The summed E-state index contributed by atoms with van der Waals surface area (Å²) in [7, 11) is 4.59. The predicted octanol–water partition coefficient (Wildman–Crippen LogP) is 5.40. The first kappa shape index (κ1) is 26.3. The van der Waals surface area contributed by atoms with Gasteiger partial charge in [0.1, 0.15) is 0 Å². The second-order valence-corrected chi connectivity index (χ2v) is 9.13. The third-order valence-electron chi connectivity index (χ3n) is 6.72. The molecule has 2 heterocycles.